The molecule has 0 saturated heterocycles. The van der Waals surface area contributed by atoms with Crippen LogP contribution in [0.3, 0.4) is 0 Å². The highest BCUT2D eigenvalue weighted by atomic mass is 16.7. The molecule has 0 radical (unpaired) electrons. The Bertz CT molecular complexity index is 362. The predicted molar refractivity (Wildman–Crippen MR) is 80.7 cm³/mol. The third-order valence-electron chi connectivity index (χ3n) is 3.15. The molecule has 0 saturated carbocycles. The number of carbonyl (C=O) groups excluding carboxylic acids is 1. The zero-order valence-corrected chi connectivity index (χ0v) is 12.6. The molecule has 0 spiro atoms. The number of ether oxygens (including phenoxy) is 2. The highest BCUT2D eigenvalue weighted by Crippen LogP contribution is 2.24. The largest absolute Gasteiger partial charge is 0.508 e. The molecule has 1 aromatic rings. The van der Waals surface area contributed by atoms with Crippen LogP contribution in [0.25, 0.3) is 0 Å². The maximum atomic E-state index is 11.6. The lowest BCUT2D eigenvalue weighted by Crippen LogP contribution is -2.13. The first-order valence-corrected chi connectivity index (χ1v) is 7.66. The van der Waals surface area contributed by atoms with Gasteiger partial charge < -0.3 is 9.47 Å². The fraction of sp³-hybridized carbons (Fsp3) is 0.588. The normalized spacial score (nSPS) is 11.9. The van der Waals surface area contributed by atoms with E-state index in [9.17, 15) is 4.79 Å². The van der Waals surface area contributed by atoms with Crippen molar-refractivity contribution in [2.75, 3.05) is 6.61 Å². The van der Waals surface area contributed by atoms with Crippen molar-refractivity contribution in [3.05, 3.63) is 35.9 Å². The molecule has 0 aliphatic carbocycles. The van der Waals surface area contributed by atoms with Gasteiger partial charge in [-0.2, -0.15) is 0 Å². The smallest absolute Gasteiger partial charge is 0.434 e. The van der Waals surface area contributed by atoms with Crippen LogP contribution in [0.5, 0.6) is 0 Å². The summed E-state index contributed by atoms with van der Waals surface area (Å²) in [7, 11) is 0. The van der Waals surface area contributed by atoms with E-state index in [0.717, 1.165) is 24.8 Å². The van der Waals surface area contributed by atoms with Crippen LogP contribution in [0, 0.1) is 0 Å². The first-order valence-electron chi connectivity index (χ1n) is 7.66. The Labute approximate surface area is 122 Å². The number of carbonyl (C=O) groups is 1. The molecule has 1 unspecified atom stereocenters. The topological polar surface area (TPSA) is 35.5 Å². The maximum absolute atomic E-state index is 11.6. The lowest BCUT2D eigenvalue weighted by molar-refractivity contribution is 0.0191. The van der Waals surface area contributed by atoms with Gasteiger partial charge in [0.15, 0.2) is 0 Å². The van der Waals surface area contributed by atoms with Gasteiger partial charge in [0.25, 0.3) is 0 Å². The summed E-state index contributed by atoms with van der Waals surface area (Å²) in [4.78, 5) is 11.6. The van der Waals surface area contributed by atoms with Gasteiger partial charge in [0.05, 0.1) is 6.61 Å². The molecule has 0 amide bonds. The van der Waals surface area contributed by atoms with Gasteiger partial charge in [0.2, 0.25) is 0 Å². The van der Waals surface area contributed by atoms with E-state index >= 15 is 0 Å². The zero-order chi connectivity index (χ0) is 14.6. The Kier molecular flexibility index (Phi) is 8.52. The second kappa shape index (κ2) is 10.3. The van der Waals surface area contributed by atoms with Crippen LogP contribution in [-0.4, -0.2) is 12.8 Å². The molecular formula is C17H26O3. The van der Waals surface area contributed by atoms with Crippen molar-refractivity contribution in [2.45, 2.75) is 58.5 Å². The SMILES string of the molecule is CCCCCCC(OC(=O)OCCC)c1ccccc1. The molecule has 3 nitrogen and oxygen atoms in total. The van der Waals surface area contributed by atoms with Gasteiger partial charge in [0.1, 0.15) is 6.10 Å². The third-order valence-corrected chi connectivity index (χ3v) is 3.15. The summed E-state index contributed by atoms with van der Waals surface area (Å²) in [5.74, 6) is 0. The average molecular weight is 278 g/mol. The monoisotopic (exact) mass is 278 g/mol. The molecule has 1 aromatic carbocycles. The van der Waals surface area contributed by atoms with Crippen LogP contribution in [0.4, 0.5) is 4.79 Å². The summed E-state index contributed by atoms with van der Waals surface area (Å²) < 4.78 is 10.5. The Hall–Kier alpha value is -1.51. The molecule has 0 aliphatic rings. The van der Waals surface area contributed by atoms with E-state index in [0.29, 0.717) is 6.61 Å². The summed E-state index contributed by atoms with van der Waals surface area (Å²) in [6.45, 7) is 4.57. The predicted octanol–water partition coefficient (Wildman–Crippen LogP) is 5.26. The first kappa shape index (κ1) is 16.5. The van der Waals surface area contributed by atoms with E-state index in [2.05, 4.69) is 6.92 Å². The van der Waals surface area contributed by atoms with Gasteiger partial charge in [-0.05, 0) is 24.8 Å². The van der Waals surface area contributed by atoms with Crippen LogP contribution in [0.15, 0.2) is 30.3 Å². The minimum absolute atomic E-state index is 0.197. The van der Waals surface area contributed by atoms with Gasteiger partial charge in [-0.25, -0.2) is 4.79 Å². The van der Waals surface area contributed by atoms with Crippen molar-refractivity contribution in [3.63, 3.8) is 0 Å². The van der Waals surface area contributed by atoms with Gasteiger partial charge in [-0.15, -0.1) is 0 Å². The zero-order valence-electron chi connectivity index (χ0n) is 12.6. The Morgan fingerprint density at radius 2 is 1.80 bits per heavy atom. The number of hydrogen-bond acceptors (Lipinski definition) is 3. The van der Waals surface area contributed by atoms with E-state index in [1.54, 1.807) is 0 Å². The maximum Gasteiger partial charge on any atom is 0.508 e. The van der Waals surface area contributed by atoms with E-state index in [1.165, 1.54) is 19.3 Å². The van der Waals surface area contributed by atoms with E-state index in [-0.39, 0.29) is 6.10 Å². The Balaban J connectivity index is 2.53. The molecular weight excluding hydrogens is 252 g/mol. The highest BCUT2D eigenvalue weighted by Gasteiger charge is 2.17. The summed E-state index contributed by atoms with van der Waals surface area (Å²) in [5, 5.41) is 0. The molecule has 0 heterocycles. The van der Waals surface area contributed by atoms with Crippen molar-refractivity contribution in [1.29, 1.82) is 0 Å². The summed E-state index contributed by atoms with van der Waals surface area (Å²) in [5.41, 5.74) is 1.04. The van der Waals surface area contributed by atoms with Crippen molar-refractivity contribution in [1.82, 2.24) is 0 Å². The second-order valence-corrected chi connectivity index (χ2v) is 4.96. The standard InChI is InChI=1S/C17H26O3/c1-3-5-6-10-13-16(15-11-8-7-9-12-15)20-17(18)19-14-4-2/h7-9,11-12,16H,3-6,10,13-14H2,1-2H3. The lowest BCUT2D eigenvalue weighted by atomic mass is 10.0. The van der Waals surface area contributed by atoms with E-state index in [4.69, 9.17) is 9.47 Å². The quantitative estimate of drug-likeness (QED) is 0.456. The average Bonchev–Trinajstić information content (AvgIpc) is 2.49. The molecule has 0 aromatic heterocycles. The van der Waals surface area contributed by atoms with Crippen molar-refractivity contribution < 1.29 is 14.3 Å². The fourth-order valence-electron chi connectivity index (χ4n) is 2.05. The molecule has 0 bridgehead atoms. The first-order chi connectivity index (χ1) is 9.77. The molecule has 0 fully saturated rings. The van der Waals surface area contributed by atoms with Gasteiger partial charge in [-0.3, -0.25) is 0 Å². The number of hydrogen-bond donors (Lipinski definition) is 0. The van der Waals surface area contributed by atoms with Crippen molar-refractivity contribution >= 4 is 6.16 Å². The molecule has 20 heavy (non-hydrogen) atoms. The Morgan fingerprint density at radius 3 is 2.45 bits per heavy atom. The molecule has 112 valence electrons. The van der Waals surface area contributed by atoms with E-state index < -0.39 is 6.16 Å². The molecule has 1 atom stereocenters. The summed E-state index contributed by atoms with van der Waals surface area (Å²) in [6, 6.07) is 9.90. The van der Waals surface area contributed by atoms with Gasteiger partial charge in [-0.1, -0.05) is 63.4 Å². The van der Waals surface area contributed by atoms with E-state index in [1.807, 2.05) is 37.3 Å². The van der Waals surface area contributed by atoms with Crippen molar-refractivity contribution in [3.8, 4) is 0 Å². The van der Waals surface area contributed by atoms with Crippen molar-refractivity contribution in [2.24, 2.45) is 0 Å². The molecule has 3 heteroatoms. The molecule has 1 rings (SSSR count). The molecule has 0 N–H and O–H groups in total. The minimum Gasteiger partial charge on any atom is -0.434 e. The Morgan fingerprint density at radius 1 is 1.05 bits per heavy atom. The van der Waals surface area contributed by atoms with Gasteiger partial charge >= 0.3 is 6.16 Å². The minimum atomic E-state index is -0.559. The van der Waals surface area contributed by atoms with Crippen LogP contribution in [0.2, 0.25) is 0 Å². The molecule has 0 aliphatic heterocycles. The number of rotatable bonds is 9. The summed E-state index contributed by atoms with van der Waals surface area (Å²) >= 11 is 0. The van der Waals surface area contributed by atoms with Crippen LogP contribution in [-0.2, 0) is 9.47 Å². The second-order valence-electron chi connectivity index (χ2n) is 4.96. The number of benzene rings is 1. The van der Waals surface area contributed by atoms with Crippen LogP contribution >= 0.6 is 0 Å². The van der Waals surface area contributed by atoms with Crippen LogP contribution in [0.1, 0.15) is 64.0 Å². The lowest BCUT2D eigenvalue weighted by Gasteiger charge is -2.18. The van der Waals surface area contributed by atoms with Gasteiger partial charge in [0, 0.05) is 0 Å². The summed E-state index contributed by atoms with van der Waals surface area (Å²) in [6.07, 6.45) is 5.57. The third kappa shape index (κ3) is 6.60. The fourth-order valence-corrected chi connectivity index (χ4v) is 2.05. The number of unbranched alkanes of at least 4 members (excludes halogenated alkanes) is 3. The van der Waals surface area contributed by atoms with Crippen LogP contribution < -0.4 is 0 Å². The highest BCUT2D eigenvalue weighted by molar-refractivity contribution is 5.60.